The van der Waals surface area contributed by atoms with Crippen molar-refractivity contribution in [2.45, 2.75) is 37.4 Å². The van der Waals surface area contributed by atoms with Crippen molar-refractivity contribution >= 4 is 0 Å². The molecule has 2 rings (SSSR count). The fourth-order valence-corrected chi connectivity index (χ4v) is 2.49. The predicted octanol–water partition coefficient (Wildman–Crippen LogP) is 2.95. The van der Waals surface area contributed by atoms with E-state index in [1.54, 1.807) is 30.1 Å². The molecule has 0 saturated carbocycles. The average molecular weight is 246 g/mol. The Bertz CT molecular complexity index is 373. The van der Waals surface area contributed by atoms with E-state index >= 15 is 0 Å². The van der Waals surface area contributed by atoms with Crippen LogP contribution in [-0.4, -0.2) is 17.3 Å². The van der Waals surface area contributed by atoms with Crippen molar-refractivity contribution in [3.05, 3.63) is 24.0 Å². The minimum absolute atomic E-state index is 0.126. The average Bonchev–Trinajstić information content (AvgIpc) is 2.53. The molecule has 1 N–H and O–H groups in total. The fourth-order valence-electron chi connectivity index (χ4n) is 2.49. The van der Waals surface area contributed by atoms with E-state index in [1.807, 2.05) is 0 Å². The molecule has 1 unspecified atom stereocenters. The van der Waals surface area contributed by atoms with Gasteiger partial charge in [0.15, 0.2) is 0 Å². The molecule has 1 aliphatic rings. The summed E-state index contributed by atoms with van der Waals surface area (Å²) >= 11 is 0. The molecule has 5 heteroatoms. The molecule has 17 heavy (non-hydrogen) atoms. The van der Waals surface area contributed by atoms with Crippen LogP contribution in [0.5, 0.6) is 0 Å². The smallest absolute Gasteiger partial charge is 0.357 e. The molecule has 0 aromatic carbocycles. The SMILES string of the molecule is Cn1ccc(C2(C(F)(F)F)CCCCCN2)c1. The number of nitrogens with one attached hydrogen (secondary N) is 1. The van der Waals surface area contributed by atoms with E-state index in [1.165, 1.54) is 0 Å². The molecule has 1 aromatic rings. The summed E-state index contributed by atoms with van der Waals surface area (Å²) in [6.07, 6.45) is 1.38. The normalized spacial score (nSPS) is 26.8. The lowest BCUT2D eigenvalue weighted by molar-refractivity contribution is -0.202. The van der Waals surface area contributed by atoms with E-state index in [2.05, 4.69) is 5.32 Å². The number of aromatic nitrogens is 1. The van der Waals surface area contributed by atoms with Crippen LogP contribution in [-0.2, 0) is 12.6 Å². The molecule has 0 radical (unpaired) electrons. The van der Waals surface area contributed by atoms with Gasteiger partial charge in [-0.1, -0.05) is 12.8 Å². The Balaban J connectivity index is 2.42. The summed E-state index contributed by atoms with van der Waals surface area (Å²) in [6.45, 7) is 0.425. The molecule has 0 spiro atoms. The van der Waals surface area contributed by atoms with Crippen LogP contribution in [0.3, 0.4) is 0 Å². The molecule has 0 bridgehead atoms. The Morgan fingerprint density at radius 3 is 2.65 bits per heavy atom. The zero-order chi connectivity index (χ0) is 12.5. The van der Waals surface area contributed by atoms with Crippen molar-refractivity contribution < 1.29 is 13.2 Å². The Morgan fingerprint density at radius 1 is 1.29 bits per heavy atom. The fraction of sp³-hybridized carbons (Fsp3) is 0.667. The highest BCUT2D eigenvalue weighted by atomic mass is 19.4. The molecule has 0 amide bonds. The molecule has 1 saturated heterocycles. The summed E-state index contributed by atoms with van der Waals surface area (Å²) < 4.78 is 41.9. The highest BCUT2D eigenvalue weighted by molar-refractivity contribution is 5.25. The van der Waals surface area contributed by atoms with Gasteiger partial charge in [0.1, 0.15) is 5.54 Å². The van der Waals surface area contributed by atoms with Crippen molar-refractivity contribution in [3.63, 3.8) is 0 Å². The topological polar surface area (TPSA) is 17.0 Å². The second-order valence-electron chi connectivity index (χ2n) is 4.71. The first kappa shape index (κ1) is 12.5. The van der Waals surface area contributed by atoms with Crippen molar-refractivity contribution in [1.82, 2.24) is 9.88 Å². The third-order valence-corrected chi connectivity index (χ3v) is 3.46. The molecule has 2 heterocycles. The zero-order valence-corrected chi connectivity index (χ0v) is 9.85. The Hall–Kier alpha value is -0.970. The molecular weight excluding hydrogens is 229 g/mol. The minimum atomic E-state index is -4.25. The lowest BCUT2D eigenvalue weighted by Gasteiger charge is -2.35. The number of nitrogens with zero attached hydrogens (tertiary/aromatic N) is 1. The van der Waals surface area contributed by atoms with Gasteiger partial charge in [0.05, 0.1) is 0 Å². The van der Waals surface area contributed by atoms with Gasteiger partial charge in [-0.05, 0) is 31.0 Å². The quantitative estimate of drug-likeness (QED) is 0.806. The maximum atomic E-state index is 13.4. The van der Waals surface area contributed by atoms with Crippen molar-refractivity contribution in [3.8, 4) is 0 Å². The van der Waals surface area contributed by atoms with Gasteiger partial charge in [0, 0.05) is 19.4 Å². The van der Waals surface area contributed by atoms with Gasteiger partial charge in [-0.25, -0.2) is 0 Å². The predicted molar refractivity (Wildman–Crippen MR) is 59.6 cm³/mol. The number of hydrogen-bond acceptors (Lipinski definition) is 1. The van der Waals surface area contributed by atoms with Gasteiger partial charge >= 0.3 is 6.18 Å². The summed E-state index contributed by atoms with van der Waals surface area (Å²) in [5.74, 6) is 0. The lowest BCUT2D eigenvalue weighted by atomic mass is 9.86. The van der Waals surface area contributed by atoms with Crippen LogP contribution in [0.1, 0.15) is 31.2 Å². The molecular formula is C12H17F3N2. The van der Waals surface area contributed by atoms with Gasteiger partial charge in [0.25, 0.3) is 0 Å². The van der Waals surface area contributed by atoms with E-state index in [0.717, 1.165) is 12.8 Å². The van der Waals surface area contributed by atoms with Crippen LogP contribution in [0.2, 0.25) is 0 Å². The summed E-state index contributed by atoms with van der Waals surface area (Å²) in [7, 11) is 1.74. The molecule has 1 fully saturated rings. The first-order valence-corrected chi connectivity index (χ1v) is 5.90. The Labute approximate surface area is 98.8 Å². The van der Waals surface area contributed by atoms with E-state index in [-0.39, 0.29) is 6.42 Å². The summed E-state index contributed by atoms with van der Waals surface area (Å²) in [6, 6.07) is 1.56. The van der Waals surface area contributed by atoms with Crippen LogP contribution in [0.4, 0.5) is 13.2 Å². The molecule has 96 valence electrons. The van der Waals surface area contributed by atoms with Crippen molar-refractivity contribution in [1.29, 1.82) is 0 Å². The minimum Gasteiger partial charge on any atom is -0.357 e. The van der Waals surface area contributed by atoms with Crippen molar-refractivity contribution in [2.24, 2.45) is 7.05 Å². The van der Waals surface area contributed by atoms with Crippen LogP contribution in [0.25, 0.3) is 0 Å². The van der Waals surface area contributed by atoms with Gasteiger partial charge in [-0.3, -0.25) is 5.32 Å². The maximum Gasteiger partial charge on any atom is 0.410 e. The van der Waals surface area contributed by atoms with Crippen LogP contribution >= 0.6 is 0 Å². The van der Waals surface area contributed by atoms with Gasteiger partial charge < -0.3 is 4.57 Å². The second kappa shape index (κ2) is 4.37. The summed E-state index contributed by atoms with van der Waals surface area (Å²) in [4.78, 5) is 0. The lowest BCUT2D eigenvalue weighted by Crippen LogP contribution is -2.53. The Morgan fingerprint density at radius 2 is 2.06 bits per heavy atom. The zero-order valence-electron chi connectivity index (χ0n) is 9.85. The first-order chi connectivity index (χ1) is 7.96. The molecule has 2 nitrogen and oxygen atoms in total. The van der Waals surface area contributed by atoms with E-state index < -0.39 is 11.7 Å². The second-order valence-corrected chi connectivity index (χ2v) is 4.71. The largest absolute Gasteiger partial charge is 0.410 e. The standard InChI is InChI=1S/C12H17F3N2/c1-17-8-5-10(9-17)11(12(13,14)15)6-3-2-4-7-16-11/h5,8-9,16H,2-4,6-7H2,1H3. The van der Waals surface area contributed by atoms with Crippen LogP contribution < -0.4 is 5.32 Å². The number of rotatable bonds is 1. The molecule has 0 aliphatic carbocycles. The van der Waals surface area contributed by atoms with Crippen molar-refractivity contribution in [2.75, 3.05) is 6.54 Å². The number of halogens is 3. The van der Waals surface area contributed by atoms with E-state index in [0.29, 0.717) is 18.5 Å². The number of hydrogen-bond donors (Lipinski definition) is 1. The first-order valence-electron chi connectivity index (χ1n) is 5.90. The highest BCUT2D eigenvalue weighted by Crippen LogP contribution is 2.43. The number of aryl methyl sites for hydroxylation is 1. The molecule has 1 aliphatic heterocycles. The third kappa shape index (κ3) is 2.20. The molecule has 1 aromatic heterocycles. The highest BCUT2D eigenvalue weighted by Gasteiger charge is 2.55. The van der Waals surface area contributed by atoms with Crippen LogP contribution in [0, 0.1) is 0 Å². The summed E-state index contributed by atoms with van der Waals surface area (Å²) in [5.41, 5.74) is -1.53. The third-order valence-electron chi connectivity index (χ3n) is 3.46. The monoisotopic (exact) mass is 246 g/mol. The van der Waals surface area contributed by atoms with E-state index in [4.69, 9.17) is 0 Å². The van der Waals surface area contributed by atoms with E-state index in [9.17, 15) is 13.2 Å². The summed E-state index contributed by atoms with van der Waals surface area (Å²) in [5, 5.41) is 2.73. The maximum absolute atomic E-state index is 13.4. The van der Waals surface area contributed by atoms with Gasteiger partial charge in [0.2, 0.25) is 0 Å². The molecule has 1 atom stereocenters. The van der Waals surface area contributed by atoms with Crippen LogP contribution in [0.15, 0.2) is 18.5 Å². The number of alkyl halides is 3. The van der Waals surface area contributed by atoms with Gasteiger partial charge in [-0.15, -0.1) is 0 Å². The van der Waals surface area contributed by atoms with Gasteiger partial charge in [-0.2, -0.15) is 13.2 Å². The Kier molecular flexibility index (Phi) is 3.21.